The number of rotatable bonds is 5. The van der Waals surface area contributed by atoms with Crippen LogP contribution in [0.5, 0.6) is 0 Å². The summed E-state index contributed by atoms with van der Waals surface area (Å²) < 4.78 is 0. The van der Waals surface area contributed by atoms with Crippen LogP contribution < -0.4 is 5.43 Å². The van der Waals surface area contributed by atoms with Crippen molar-refractivity contribution < 1.29 is 14.7 Å². The van der Waals surface area contributed by atoms with Crippen LogP contribution in [0.4, 0.5) is 0 Å². The van der Waals surface area contributed by atoms with Crippen molar-refractivity contribution in [2.45, 2.75) is 51.5 Å². The average Bonchev–Trinajstić information content (AvgIpc) is 3.24. The second-order valence-electron chi connectivity index (χ2n) is 9.84. The van der Waals surface area contributed by atoms with Crippen LogP contribution in [0.3, 0.4) is 0 Å². The van der Waals surface area contributed by atoms with E-state index in [1.165, 1.54) is 11.1 Å². The Bertz CT molecular complexity index is 1120. The summed E-state index contributed by atoms with van der Waals surface area (Å²) in [5.41, 5.74) is 8.37. The van der Waals surface area contributed by atoms with Gasteiger partial charge in [0.1, 0.15) is 5.78 Å². The summed E-state index contributed by atoms with van der Waals surface area (Å²) in [6.07, 6.45) is 8.74. The van der Waals surface area contributed by atoms with Crippen LogP contribution in [0.1, 0.15) is 72.3 Å². The Balaban J connectivity index is 1.78. The fourth-order valence-electron chi connectivity index (χ4n) is 4.52. The molecule has 2 aromatic rings. The van der Waals surface area contributed by atoms with Gasteiger partial charge in [0.25, 0.3) is 0 Å². The zero-order valence-corrected chi connectivity index (χ0v) is 19.1. The number of hydrogen-bond donors (Lipinski definition) is 2. The summed E-state index contributed by atoms with van der Waals surface area (Å²) in [5, 5.41) is 11.2. The maximum atomic E-state index is 12.9. The Hall–Kier alpha value is -3.18. The minimum Gasteiger partial charge on any atom is -0.478 e. The number of nitrogens with one attached hydrogen (secondary N) is 1. The lowest BCUT2D eigenvalue weighted by Gasteiger charge is -2.41. The molecular weight excluding hydrogens is 400 g/mol. The molecule has 0 spiro atoms. The van der Waals surface area contributed by atoms with Crippen molar-refractivity contribution in [1.82, 2.24) is 10.4 Å². The van der Waals surface area contributed by atoms with E-state index in [2.05, 4.69) is 54.8 Å². The summed E-state index contributed by atoms with van der Waals surface area (Å²) in [6.45, 7) is 9.87. The quantitative estimate of drug-likeness (QED) is 0.659. The van der Waals surface area contributed by atoms with Crippen LogP contribution in [0.15, 0.2) is 48.7 Å². The van der Waals surface area contributed by atoms with Gasteiger partial charge in [-0.25, -0.2) is 10.2 Å². The highest BCUT2D eigenvalue weighted by Gasteiger charge is 2.43. The number of Topliss-reactive ketones (excluding diaryl/α,β-unsaturated/α-hetero) is 1. The van der Waals surface area contributed by atoms with Crippen LogP contribution in [0.2, 0.25) is 0 Å². The van der Waals surface area contributed by atoms with E-state index in [0.29, 0.717) is 13.0 Å². The van der Waals surface area contributed by atoms with Crippen molar-refractivity contribution in [1.29, 1.82) is 0 Å². The highest BCUT2D eigenvalue weighted by molar-refractivity contribution is 5.93. The lowest BCUT2D eigenvalue weighted by molar-refractivity contribution is -0.125. The van der Waals surface area contributed by atoms with Crippen LogP contribution >= 0.6 is 0 Å². The molecule has 0 saturated heterocycles. The number of aromatic carboxylic acids is 1. The molecule has 0 unspecified atom stereocenters. The molecule has 5 heteroatoms. The maximum Gasteiger partial charge on any atom is 0.335 e. The lowest BCUT2D eigenvalue weighted by Crippen LogP contribution is -2.42. The first-order chi connectivity index (χ1) is 15.1. The van der Waals surface area contributed by atoms with Gasteiger partial charge in [-0.15, -0.1) is 0 Å². The predicted molar refractivity (Wildman–Crippen MR) is 127 cm³/mol. The first-order valence-electron chi connectivity index (χ1n) is 11.0. The highest BCUT2D eigenvalue weighted by Crippen LogP contribution is 2.45. The van der Waals surface area contributed by atoms with Gasteiger partial charge < -0.3 is 10.1 Å². The topological polar surface area (TPSA) is 69.6 Å². The van der Waals surface area contributed by atoms with E-state index in [-0.39, 0.29) is 16.8 Å². The fraction of sp³-hybridized carbons (Fsp3) is 0.333. The molecule has 2 aromatic carbocycles. The lowest BCUT2D eigenvalue weighted by atomic mass is 9.62. The van der Waals surface area contributed by atoms with Crippen LogP contribution in [0.25, 0.3) is 12.2 Å². The maximum absolute atomic E-state index is 12.9. The third-order valence-corrected chi connectivity index (χ3v) is 6.63. The molecule has 0 aromatic heterocycles. The van der Waals surface area contributed by atoms with E-state index in [0.717, 1.165) is 23.2 Å². The Kier molecular flexibility index (Phi) is 5.55. The molecule has 32 heavy (non-hydrogen) atoms. The number of benzene rings is 2. The molecule has 166 valence electrons. The average molecular weight is 431 g/mol. The summed E-state index contributed by atoms with van der Waals surface area (Å²) in [4.78, 5) is 24.1. The molecule has 2 aliphatic rings. The number of hydrazine groups is 1. The second-order valence-corrected chi connectivity index (χ2v) is 9.84. The van der Waals surface area contributed by atoms with Gasteiger partial charge in [0.05, 0.1) is 12.1 Å². The number of carbonyl (C=O) groups is 2. The van der Waals surface area contributed by atoms with Crippen LogP contribution in [-0.2, 0) is 22.2 Å². The summed E-state index contributed by atoms with van der Waals surface area (Å²) in [7, 11) is 0. The molecule has 0 radical (unpaired) electrons. The van der Waals surface area contributed by atoms with Gasteiger partial charge in [0, 0.05) is 24.6 Å². The molecule has 0 saturated carbocycles. The van der Waals surface area contributed by atoms with Crippen LogP contribution in [0, 0.1) is 0 Å². The van der Waals surface area contributed by atoms with Crippen molar-refractivity contribution in [3.63, 3.8) is 0 Å². The predicted octanol–water partition coefficient (Wildman–Crippen LogP) is 4.92. The van der Waals surface area contributed by atoms with Gasteiger partial charge in [-0.1, -0.05) is 56.3 Å². The molecule has 2 N–H and O–H groups in total. The van der Waals surface area contributed by atoms with Crippen LogP contribution in [-0.4, -0.2) is 28.4 Å². The van der Waals surface area contributed by atoms with E-state index in [9.17, 15) is 9.59 Å². The summed E-state index contributed by atoms with van der Waals surface area (Å²) in [5.74, 6) is -0.663. The third-order valence-electron chi connectivity index (χ3n) is 6.63. The zero-order valence-electron chi connectivity index (χ0n) is 19.1. The molecule has 0 bridgehead atoms. The number of hydrogen-bond acceptors (Lipinski definition) is 4. The molecule has 4 rings (SSSR count). The van der Waals surface area contributed by atoms with E-state index in [4.69, 9.17) is 5.11 Å². The standard InChI is InChI=1S/C27H30N2O3/c1-26(2)16-24(30)27(3,4)23-14-20(11-8-18-6-9-19(10-7-18)25(31)32)21(15-22(23)26)17-29-13-5-12-28-29/h5-11,13-15,28H,12,16-17H2,1-4H3,(H,31,32)/b11-8+. The second kappa shape index (κ2) is 8.06. The van der Waals surface area contributed by atoms with Gasteiger partial charge >= 0.3 is 5.97 Å². The molecule has 1 heterocycles. The molecule has 0 amide bonds. The number of carboxylic acids is 1. The van der Waals surface area contributed by atoms with E-state index >= 15 is 0 Å². The Morgan fingerprint density at radius 2 is 1.81 bits per heavy atom. The SMILES string of the molecule is CC1(C)CC(=O)C(C)(C)c2cc(/C=C/c3ccc(C(=O)O)cc3)c(CN3C=CCN3)cc21. The van der Waals surface area contributed by atoms with E-state index in [1.54, 1.807) is 24.3 Å². The minimum absolute atomic E-state index is 0.208. The number of nitrogens with zero attached hydrogens (tertiary/aromatic N) is 1. The first-order valence-corrected chi connectivity index (χ1v) is 11.0. The number of ketones is 1. The third kappa shape index (κ3) is 4.13. The van der Waals surface area contributed by atoms with Gasteiger partial charge in [0.2, 0.25) is 0 Å². The van der Waals surface area contributed by atoms with Gasteiger partial charge in [-0.3, -0.25) is 4.79 Å². The zero-order chi connectivity index (χ0) is 23.1. The Morgan fingerprint density at radius 3 is 2.44 bits per heavy atom. The summed E-state index contributed by atoms with van der Waals surface area (Å²) >= 11 is 0. The molecule has 5 nitrogen and oxygen atoms in total. The molecule has 1 aliphatic heterocycles. The molecular formula is C27H30N2O3. The largest absolute Gasteiger partial charge is 0.478 e. The van der Waals surface area contributed by atoms with E-state index in [1.807, 2.05) is 19.9 Å². The minimum atomic E-state index is -0.932. The first kappa shape index (κ1) is 22.0. The molecule has 1 aliphatic carbocycles. The molecule has 0 atom stereocenters. The fourth-order valence-corrected chi connectivity index (χ4v) is 4.52. The monoisotopic (exact) mass is 430 g/mol. The summed E-state index contributed by atoms with van der Waals surface area (Å²) in [6, 6.07) is 11.3. The van der Waals surface area contributed by atoms with Gasteiger partial charge in [0.15, 0.2) is 0 Å². The van der Waals surface area contributed by atoms with Gasteiger partial charge in [-0.05, 0) is 59.2 Å². The number of fused-ring (bicyclic) bond motifs is 1. The van der Waals surface area contributed by atoms with Crippen molar-refractivity contribution >= 4 is 23.9 Å². The normalized spacial score (nSPS) is 18.9. The Morgan fingerprint density at radius 1 is 1.09 bits per heavy atom. The van der Waals surface area contributed by atoms with Crippen molar-refractivity contribution in [3.8, 4) is 0 Å². The number of carbonyl (C=O) groups excluding carboxylic acids is 1. The van der Waals surface area contributed by atoms with Gasteiger partial charge in [-0.2, -0.15) is 0 Å². The highest BCUT2D eigenvalue weighted by atomic mass is 16.4. The molecule has 0 fully saturated rings. The Labute approximate surface area is 189 Å². The number of carboxylic acid groups (broad SMARTS) is 1. The van der Waals surface area contributed by atoms with E-state index < -0.39 is 11.4 Å². The van der Waals surface area contributed by atoms with Crippen molar-refractivity contribution in [3.05, 3.63) is 82.1 Å². The van der Waals surface area contributed by atoms with Crippen molar-refractivity contribution in [2.24, 2.45) is 0 Å². The van der Waals surface area contributed by atoms with Crippen molar-refractivity contribution in [2.75, 3.05) is 6.54 Å². The smallest absolute Gasteiger partial charge is 0.335 e.